The molecule has 1 aliphatic heterocycles. The number of esters is 1. The van der Waals surface area contributed by atoms with Crippen LogP contribution in [-0.2, 0) is 9.53 Å². The molecule has 1 aliphatic rings. The summed E-state index contributed by atoms with van der Waals surface area (Å²) in [5.74, 6) is -0.918. The number of anilines is 1. The van der Waals surface area contributed by atoms with Crippen LogP contribution in [0.15, 0.2) is 36.4 Å². The van der Waals surface area contributed by atoms with Gasteiger partial charge in [0.25, 0.3) is 5.91 Å². The number of hydrogen-bond donors (Lipinski definition) is 1. The first-order chi connectivity index (χ1) is 13.0. The molecule has 1 amide bonds. The van der Waals surface area contributed by atoms with Gasteiger partial charge in [-0.2, -0.15) is 0 Å². The third-order valence-corrected chi connectivity index (χ3v) is 3.86. The monoisotopic (exact) mass is 375 g/mol. The van der Waals surface area contributed by atoms with Crippen molar-refractivity contribution >= 4 is 17.6 Å². The molecule has 0 spiro atoms. The van der Waals surface area contributed by atoms with Gasteiger partial charge in [-0.05, 0) is 31.2 Å². The summed E-state index contributed by atoms with van der Waals surface area (Å²) in [6.45, 7) is 2.28. The van der Waals surface area contributed by atoms with Gasteiger partial charge in [-0.3, -0.25) is 4.79 Å². The first-order valence-corrected chi connectivity index (χ1v) is 8.23. The van der Waals surface area contributed by atoms with Gasteiger partial charge in [-0.15, -0.1) is 0 Å². The summed E-state index contributed by atoms with van der Waals surface area (Å²) in [7, 11) is 1.39. The van der Waals surface area contributed by atoms with Crippen molar-refractivity contribution < 1.29 is 32.9 Å². The molecular weight excluding hydrogens is 357 g/mol. The van der Waals surface area contributed by atoms with Crippen LogP contribution in [0.2, 0.25) is 0 Å². The Morgan fingerprint density at radius 1 is 1.11 bits per heavy atom. The van der Waals surface area contributed by atoms with Gasteiger partial charge in [0.15, 0.2) is 17.6 Å². The fourth-order valence-corrected chi connectivity index (χ4v) is 2.43. The summed E-state index contributed by atoms with van der Waals surface area (Å²) < 4.78 is 34.7. The Kier molecular flexibility index (Phi) is 5.44. The van der Waals surface area contributed by atoms with E-state index in [1.54, 1.807) is 18.2 Å². The highest BCUT2D eigenvalue weighted by molar-refractivity contribution is 5.97. The van der Waals surface area contributed by atoms with E-state index < -0.39 is 23.8 Å². The average Bonchev–Trinajstić information content (AvgIpc) is 2.67. The number of rotatable bonds is 5. The molecule has 7 nitrogen and oxygen atoms in total. The maximum absolute atomic E-state index is 13.9. The molecule has 0 radical (unpaired) electrons. The number of carbonyl (C=O) groups is 2. The molecule has 142 valence electrons. The summed E-state index contributed by atoms with van der Waals surface area (Å²) in [6, 6.07) is 8.67. The average molecular weight is 375 g/mol. The summed E-state index contributed by atoms with van der Waals surface area (Å²) in [6.07, 6.45) is -1.13. The highest BCUT2D eigenvalue weighted by Gasteiger charge is 2.22. The van der Waals surface area contributed by atoms with Crippen LogP contribution in [-0.4, -0.2) is 38.3 Å². The van der Waals surface area contributed by atoms with E-state index in [4.69, 9.17) is 18.9 Å². The molecule has 0 aromatic heterocycles. The maximum Gasteiger partial charge on any atom is 0.341 e. The molecule has 0 aliphatic carbocycles. The number of fused-ring (bicyclic) bond motifs is 1. The Bertz CT molecular complexity index is 869. The topological polar surface area (TPSA) is 83.1 Å². The Labute approximate surface area is 155 Å². The van der Waals surface area contributed by atoms with Gasteiger partial charge < -0.3 is 24.3 Å². The number of amides is 1. The summed E-state index contributed by atoms with van der Waals surface area (Å²) >= 11 is 0. The maximum atomic E-state index is 13.9. The lowest BCUT2D eigenvalue weighted by Crippen LogP contribution is -2.30. The molecule has 8 heteroatoms. The molecule has 0 saturated heterocycles. The molecule has 3 rings (SSSR count). The third-order valence-electron chi connectivity index (χ3n) is 3.86. The fourth-order valence-electron chi connectivity index (χ4n) is 2.43. The van der Waals surface area contributed by atoms with Gasteiger partial charge >= 0.3 is 5.97 Å². The van der Waals surface area contributed by atoms with Crippen molar-refractivity contribution in [3.8, 4) is 17.2 Å². The molecule has 0 bridgehead atoms. The van der Waals surface area contributed by atoms with E-state index in [0.29, 0.717) is 30.4 Å². The molecule has 2 aromatic carbocycles. The smallest absolute Gasteiger partial charge is 0.341 e. The second-order valence-electron chi connectivity index (χ2n) is 5.74. The first kappa shape index (κ1) is 18.5. The number of methoxy groups -OCH3 is 1. The third kappa shape index (κ3) is 4.28. The molecule has 27 heavy (non-hydrogen) atoms. The minimum atomic E-state index is -1.13. The van der Waals surface area contributed by atoms with Gasteiger partial charge in [0.2, 0.25) is 0 Å². The number of halogens is 1. The molecule has 1 heterocycles. The normalized spacial score (nSPS) is 13.4. The fraction of sp³-hybridized carbons (Fsp3) is 0.263. The molecule has 0 saturated carbocycles. The van der Waals surface area contributed by atoms with E-state index >= 15 is 0 Å². The molecule has 2 aromatic rings. The Balaban J connectivity index is 1.63. The number of hydrogen-bond acceptors (Lipinski definition) is 6. The second-order valence-corrected chi connectivity index (χ2v) is 5.74. The van der Waals surface area contributed by atoms with Crippen LogP contribution in [0.3, 0.4) is 0 Å². The minimum Gasteiger partial charge on any atom is -0.497 e. The van der Waals surface area contributed by atoms with Crippen molar-refractivity contribution in [2.24, 2.45) is 0 Å². The van der Waals surface area contributed by atoms with Gasteiger partial charge in [0, 0.05) is 17.8 Å². The Hall–Kier alpha value is -3.29. The second kappa shape index (κ2) is 7.94. The number of ether oxygens (including phenoxy) is 4. The van der Waals surface area contributed by atoms with Crippen LogP contribution in [0.4, 0.5) is 10.1 Å². The van der Waals surface area contributed by atoms with Crippen LogP contribution < -0.4 is 19.5 Å². The number of benzene rings is 2. The quantitative estimate of drug-likeness (QED) is 0.809. The lowest BCUT2D eigenvalue weighted by Gasteiger charge is -2.19. The van der Waals surface area contributed by atoms with E-state index in [1.165, 1.54) is 26.2 Å². The molecule has 0 fully saturated rings. The van der Waals surface area contributed by atoms with Crippen LogP contribution >= 0.6 is 0 Å². The summed E-state index contributed by atoms with van der Waals surface area (Å²) in [5, 5.41) is 2.62. The SMILES string of the molecule is COc1ccc(C(=O)OC(C)C(=O)Nc2ccc3c(c2)OCCO3)c(F)c1. The largest absolute Gasteiger partial charge is 0.497 e. The summed E-state index contributed by atoms with van der Waals surface area (Å²) in [5.41, 5.74) is 0.178. The molecule has 1 N–H and O–H groups in total. The van der Waals surface area contributed by atoms with Gasteiger partial charge in [0.05, 0.1) is 12.7 Å². The number of carbonyl (C=O) groups excluding carboxylic acids is 2. The van der Waals surface area contributed by atoms with Gasteiger partial charge in [-0.1, -0.05) is 0 Å². The lowest BCUT2D eigenvalue weighted by atomic mass is 10.2. The zero-order valence-corrected chi connectivity index (χ0v) is 14.8. The first-order valence-electron chi connectivity index (χ1n) is 8.23. The zero-order valence-electron chi connectivity index (χ0n) is 14.8. The molecule has 1 atom stereocenters. The van der Waals surface area contributed by atoms with Gasteiger partial charge in [-0.25, -0.2) is 9.18 Å². The van der Waals surface area contributed by atoms with Gasteiger partial charge in [0.1, 0.15) is 24.8 Å². The predicted octanol–water partition coefficient (Wildman–Crippen LogP) is 2.79. The Morgan fingerprint density at radius 2 is 1.85 bits per heavy atom. The van der Waals surface area contributed by atoms with E-state index in [1.807, 2.05) is 0 Å². The molecular formula is C19H18FNO6. The highest BCUT2D eigenvalue weighted by Crippen LogP contribution is 2.32. The Morgan fingerprint density at radius 3 is 2.56 bits per heavy atom. The lowest BCUT2D eigenvalue weighted by molar-refractivity contribution is -0.123. The van der Waals surface area contributed by atoms with Crippen LogP contribution in [0, 0.1) is 5.82 Å². The van der Waals surface area contributed by atoms with Crippen LogP contribution in [0.1, 0.15) is 17.3 Å². The van der Waals surface area contributed by atoms with Crippen molar-refractivity contribution in [2.75, 3.05) is 25.6 Å². The standard InChI is InChI=1S/C19H18FNO6/c1-11(27-19(23)14-5-4-13(24-2)10-15(14)20)18(22)21-12-3-6-16-17(9-12)26-8-7-25-16/h3-6,9-11H,7-8H2,1-2H3,(H,21,22). The minimum absolute atomic E-state index is 0.272. The van der Waals surface area contributed by atoms with E-state index in [-0.39, 0.29) is 11.3 Å². The van der Waals surface area contributed by atoms with E-state index in [0.717, 1.165) is 6.07 Å². The number of nitrogens with one attached hydrogen (secondary N) is 1. The van der Waals surface area contributed by atoms with Crippen molar-refractivity contribution in [2.45, 2.75) is 13.0 Å². The summed E-state index contributed by atoms with van der Waals surface area (Å²) in [4.78, 5) is 24.4. The highest BCUT2D eigenvalue weighted by atomic mass is 19.1. The van der Waals surface area contributed by atoms with E-state index in [2.05, 4.69) is 5.32 Å². The predicted molar refractivity (Wildman–Crippen MR) is 93.9 cm³/mol. The van der Waals surface area contributed by atoms with Crippen molar-refractivity contribution in [1.82, 2.24) is 0 Å². The van der Waals surface area contributed by atoms with Crippen LogP contribution in [0.25, 0.3) is 0 Å². The van der Waals surface area contributed by atoms with Crippen molar-refractivity contribution in [1.29, 1.82) is 0 Å². The zero-order chi connectivity index (χ0) is 19.4. The van der Waals surface area contributed by atoms with Crippen molar-refractivity contribution in [3.05, 3.63) is 47.8 Å². The van der Waals surface area contributed by atoms with E-state index in [9.17, 15) is 14.0 Å². The molecule has 1 unspecified atom stereocenters. The van der Waals surface area contributed by atoms with Crippen molar-refractivity contribution in [3.63, 3.8) is 0 Å². The van der Waals surface area contributed by atoms with Crippen LogP contribution in [0.5, 0.6) is 17.2 Å².